The zero-order valence-corrected chi connectivity index (χ0v) is 13.9. The standard InChI is InChI=1S/C17H23N5O/c1-12(2)22-8-6-15-14(11-22)20-16(21(15)3)17(23)19-10-13-5-4-7-18-9-13/h4-5,7,9,12H,6,8,10-11H2,1-3H3,(H,19,23). The molecule has 3 rings (SSSR count). The van der Waals surface area contributed by atoms with E-state index in [0.717, 1.165) is 30.8 Å². The molecule has 0 unspecified atom stereocenters. The van der Waals surface area contributed by atoms with Crippen LogP contribution in [0.3, 0.4) is 0 Å². The minimum Gasteiger partial charge on any atom is -0.345 e. The van der Waals surface area contributed by atoms with Crippen LogP contribution in [0.15, 0.2) is 24.5 Å². The topological polar surface area (TPSA) is 63.1 Å². The van der Waals surface area contributed by atoms with E-state index in [4.69, 9.17) is 0 Å². The number of pyridine rings is 1. The number of rotatable bonds is 4. The number of hydrogen-bond acceptors (Lipinski definition) is 4. The molecule has 0 fully saturated rings. The lowest BCUT2D eigenvalue weighted by Gasteiger charge is -2.29. The summed E-state index contributed by atoms with van der Waals surface area (Å²) in [5.41, 5.74) is 3.18. The molecule has 0 atom stereocenters. The van der Waals surface area contributed by atoms with Crippen molar-refractivity contribution < 1.29 is 4.79 Å². The molecule has 0 aromatic carbocycles. The quantitative estimate of drug-likeness (QED) is 0.929. The Kier molecular flexibility index (Phi) is 4.43. The molecule has 1 N–H and O–H groups in total. The van der Waals surface area contributed by atoms with Crippen molar-refractivity contribution in [2.45, 2.75) is 39.4 Å². The second-order valence-electron chi connectivity index (χ2n) is 6.25. The number of nitrogens with zero attached hydrogens (tertiary/aromatic N) is 4. The second-order valence-corrected chi connectivity index (χ2v) is 6.25. The molecule has 2 aromatic heterocycles. The molecule has 1 aliphatic rings. The highest BCUT2D eigenvalue weighted by Crippen LogP contribution is 2.20. The maximum Gasteiger partial charge on any atom is 0.287 e. The zero-order chi connectivity index (χ0) is 16.4. The molecule has 0 bridgehead atoms. The third-order valence-electron chi connectivity index (χ3n) is 4.39. The third-order valence-corrected chi connectivity index (χ3v) is 4.39. The smallest absolute Gasteiger partial charge is 0.287 e. The molecule has 1 amide bonds. The summed E-state index contributed by atoms with van der Waals surface area (Å²) in [4.78, 5) is 23.5. The van der Waals surface area contributed by atoms with Gasteiger partial charge in [0.05, 0.1) is 5.69 Å². The van der Waals surface area contributed by atoms with Crippen molar-refractivity contribution in [1.82, 2.24) is 24.8 Å². The zero-order valence-electron chi connectivity index (χ0n) is 13.9. The summed E-state index contributed by atoms with van der Waals surface area (Å²) in [6, 6.07) is 4.30. The fraction of sp³-hybridized carbons (Fsp3) is 0.471. The van der Waals surface area contributed by atoms with Crippen LogP contribution >= 0.6 is 0 Å². The van der Waals surface area contributed by atoms with Gasteiger partial charge in [-0.15, -0.1) is 0 Å². The number of carbonyl (C=O) groups is 1. The van der Waals surface area contributed by atoms with Crippen LogP contribution in [0, 0.1) is 0 Å². The summed E-state index contributed by atoms with van der Waals surface area (Å²) in [6.45, 7) is 6.67. The number of amides is 1. The molecule has 0 saturated carbocycles. The van der Waals surface area contributed by atoms with E-state index in [0.29, 0.717) is 18.4 Å². The lowest BCUT2D eigenvalue weighted by atomic mass is 10.1. The molecule has 0 aliphatic carbocycles. The Bertz CT molecular complexity index is 693. The molecule has 0 saturated heterocycles. The maximum absolute atomic E-state index is 12.4. The molecule has 1 aliphatic heterocycles. The van der Waals surface area contributed by atoms with Crippen molar-refractivity contribution in [3.8, 4) is 0 Å². The average Bonchev–Trinajstić information content (AvgIpc) is 2.90. The van der Waals surface area contributed by atoms with E-state index in [-0.39, 0.29) is 5.91 Å². The summed E-state index contributed by atoms with van der Waals surface area (Å²) in [5.74, 6) is 0.353. The summed E-state index contributed by atoms with van der Waals surface area (Å²) in [6.07, 6.45) is 4.41. The van der Waals surface area contributed by atoms with Gasteiger partial charge in [0.25, 0.3) is 5.91 Å². The Morgan fingerprint density at radius 2 is 2.26 bits per heavy atom. The van der Waals surface area contributed by atoms with Gasteiger partial charge in [-0.3, -0.25) is 14.7 Å². The van der Waals surface area contributed by atoms with Crippen molar-refractivity contribution in [2.75, 3.05) is 6.54 Å². The third kappa shape index (κ3) is 3.27. The first-order valence-corrected chi connectivity index (χ1v) is 8.02. The number of imidazole rings is 1. The first-order chi connectivity index (χ1) is 11.1. The van der Waals surface area contributed by atoms with E-state index in [1.54, 1.807) is 12.4 Å². The normalized spacial score (nSPS) is 14.8. The van der Waals surface area contributed by atoms with Gasteiger partial charge < -0.3 is 9.88 Å². The van der Waals surface area contributed by atoms with Crippen molar-refractivity contribution in [2.24, 2.45) is 7.05 Å². The van der Waals surface area contributed by atoms with Gasteiger partial charge in [0.1, 0.15) is 0 Å². The van der Waals surface area contributed by atoms with E-state index in [9.17, 15) is 4.79 Å². The minimum atomic E-state index is -0.137. The SMILES string of the molecule is CC(C)N1CCc2c(nc(C(=O)NCc3cccnc3)n2C)C1. The molecular formula is C17H23N5O. The molecule has 0 radical (unpaired) electrons. The predicted molar refractivity (Wildman–Crippen MR) is 87.9 cm³/mol. The van der Waals surface area contributed by atoms with Gasteiger partial charge in [-0.25, -0.2) is 4.98 Å². The monoisotopic (exact) mass is 313 g/mol. The highest BCUT2D eigenvalue weighted by molar-refractivity contribution is 5.91. The molecule has 122 valence electrons. The Hall–Kier alpha value is -2.21. The number of hydrogen-bond donors (Lipinski definition) is 1. The van der Waals surface area contributed by atoms with E-state index in [1.165, 1.54) is 5.69 Å². The van der Waals surface area contributed by atoms with Crippen LogP contribution in [0.25, 0.3) is 0 Å². The maximum atomic E-state index is 12.4. The Balaban J connectivity index is 1.72. The van der Waals surface area contributed by atoms with Gasteiger partial charge in [0.15, 0.2) is 5.82 Å². The number of aromatic nitrogens is 3. The van der Waals surface area contributed by atoms with E-state index >= 15 is 0 Å². The van der Waals surface area contributed by atoms with Crippen LogP contribution in [0.4, 0.5) is 0 Å². The second kappa shape index (κ2) is 6.50. The van der Waals surface area contributed by atoms with Crippen molar-refractivity contribution >= 4 is 5.91 Å². The van der Waals surface area contributed by atoms with Crippen LogP contribution in [0.5, 0.6) is 0 Å². The Labute approximate surface area is 136 Å². The van der Waals surface area contributed by atoms with Crippen LogP contribution in [0.1, 0.15) is 41.4 Å². The largest absolute Gasteiger partial charge is 0.345 e. The lowest BCUT2D eigenvalue weighted by Crippen LogP contribution is -2.36. The van der Waals surface area contributed by atoms with Crippen molar-refractivity contribution in [3.63, 3.8) is 0 Å². The predicted octanol–water partition coefficient (Wildman–Crippen LogP) is 1.51. The Morgan fingerprint density at radius 3 is 2.96 bits per heavy atom. The Morgan fingerprint density at radius 1 is 1.43 bits per heavy atom. The average molecular weight is 313 g/mol. The van der Waals surface area contributed by atoms with Gasteiger partial charge >= 0.3 is 0 Å². The lowest BCUT2D eigenvalue weighted by molar-refractivity contribution is 0.0937. The summed E-state index contributed by atoms with van der Waals surface area (Å²) < 4.78 is 1.94. The number of carbonyl (C=O) groups excluding carboxylic acids is 1. The van der Waals surface area contributed by atoms with Gasteiger partial charge in [0.2, 0.25) is 0 Å². The van der Waals surface area contributed by atoms with Crippen molar-refractivity contribution in [3.05, 3.63) is 47.3 Å². The first-order valence-electron chi connectivity index (χ1n) is 8.02. The summed E-state index contributed by atoms with van der Waals surface area (Å²) in [5, 5.41) is 2.92. The molecule has 3 heterocycles. The fourth-order valence-corrected chi connectivity index (χ4v) is 2.96. The van der Waals surface area contributed by atoms with Crippen LogP contribution < -0.4 is 5.32 Å². The fourth-order valence-electron chi connectivity index (χ4n) is 2.96. The molecule has 6 heteroatoms. The highest BCUT2D eigenvalue weighted by Gasteiger charge is 2.26. The van der Waals surface area contributed by atoms with Crippen LogP contribution in [-0.4, -0.2) is 37.9 Å². The van der Waals surface area contributed by atoms with Gasteiger partial charge in [-0.1, -0.05) is 6.07 Å². The molecular weight excluding hydrogens is 290 g/mol. The van der Waals surface area contributed by atoms with Crippen molar-refractivity contribution in [1.29, 1.82) is 0 Å². The molecule has 23 heavy (non-hydrogen) atoms. The minimum absolute atomic E-state index is 0.137. The number of nitrogens with one attached hydrogen (secondary N) is 1. The molecule has 6 nitrogen and oxygen atoms in total. The number of fused-ring (bicyclic) bond motifs is 1. The van der Waals surface area contributed by atoms with E-state index < -0.39 is 0 Å². The summed E-state index contributed by atoms with van der Waals surface area (Å²) >= 11 is 0. The molecule has 0 spiro atoms. The van der Waals surface area contributed by atoms with Crippen LogP contribution in [-0.2, 0) is 26.6 Å². The van der Waals surface area contributed by atoms with Gasteiger partial charge in [0, 0.05) is 57.2 Å². The molecule has 2 aromatic rings. The highest BCUT2D eigenvalue weighted by atomic mass is 16.2. The van der Waals surface area contributed by atoms with Gasteiger partial charge in [-0.2, -0.15) is 0 Å². The van der Waals surface area contributed by atoms with E-state index in [2.05, 4.69) is 34.0 Å². The van der Waals surface area contributed by atoms with E-state index in [1.807, 2.05) is 23.7 Å². The van der Waals surface area contributed by atoms with Crippen LogP contribution in [0.2, 0.25) is 0 Å². The van der Waals surface area contributed by atoms with Gasteiger partial charge in [-0.05, 0) is 25.5 Å². The first kappa shape index (κ1) is 15.7. The summed E-state index contributed by atoms with van der Waals surface area (Å²) in [7, 11) is 1.93.